The van der Waals surface area contributed by atoms with Gasteiger partial charge in [0, 0.05) is 6.54 Å². The Morgan fingerprint density at radius 3 is 2.61 bits per heavy atom. The van der Waals surface area contributed by atoms with Gasteiger partial charge in [-0.1, -0.05) is 23.8 Å². The van der Waals surface area contributed by atoms with Crippen LogP contribution >= 0.6 is 0 Å². The maximum Gasteiger partial charge on any atom is 0.417 e. The van der Waals surface area contributed by atoms with Crippen LogP contribution in [-0.4, -0.2) is 19.9 Å². The zero-order valence-electron chi connectivity index (χ0n) is 12.5. The third kappa shape index (κ3) is 3.52. The molecule has 0 unspecified atom stereocenters. The minimum Gasteiger partial charge on any atom is -0.408 e. The van der Waals surface area contributed by atoms with E-state index in [2.05, 4.69) is 9.71 Å². The molecule has 0 saturated heterocycles. The van der Waals surface area contributed by atoms with Crippen molar-refractivity contribution in [2.75, 3.05) is 6.54 Å². The molecule has 0 aliphatic heterocycles. The van der Waals surface area contributed by atoms with Gasteiger partial charge in [0.1, 0.15) is 0 Å². The molecular formula is C16H16N2O4S. The van der Waals surface area contributed by atoms with E-state index in [1.807, 2.05) is 13.0 Å². The molecule has 0 fully saturated rings. The lowest BCUT2D eigenvalue weighted by molar-refractivity contribution is 0.555. The van der Waals surface area contributed by atoms with Crippen molar-refractivity contribution in [2.24, 2.45) is 0 Å². The minimum absolute atomic E-state index is 0.246. The molecule has 2 aromatic carbocycles. The third-order valence-corrected chi connectivity index (χ3v) is 5.00. The molecular weight excluding hydrogens is 316 g/mol. The van der Waals surface area contributed by atoms with E-state index in [-0.39, 0.29) is 11.4 Å². The van der Waals surface area contributed by atoms with Crippen LogP contribution in [0, 0.1) is 6.92 Å². The van der Waals surface area contributed by atoms with Gasteiger partial charge in [0.15, 0.2) is 5.58 Å². The van der Waals surface area contributed by atoms with Gasteiger partial charge in [0.25, 0.3) is 0 Å². The number of aryl methyl sites for hydroxylation is 1. The SMILES string of the molecule is Cc1ccc(S(=O)(=O)NCCc2ccc3[nH]c(=O)oc3c2)cc1. The molecule has 2 N–H and O–H groups in total. The van der Waals surface area contributed by atoms with E-state index in [4.69, 9.17) is 4.42 Å². The molecule has 0 radical (unpaired) electrons. The van der Waals surface area contributed by atoms with E-state index in [0.717, 1.165) is 11.1 Å². The third-order valence-electron chi connectivity index (χ3n) is 3.52. The van der Waals surface area contributed by atoms with E-state index < -0.39 is 15.8 Å². The first kappa shape index (κ1) is 15.5. The van der Waals surface area contributed by atoms with Gasteiger partial charge in [-0.05, 0) is 43.2 Å². The molecule has 3 aromatic rings. The molecule has 120 valence electrons. The standard InChI is InChI=1S/C16H16N2O4S/c1-11-2-5-13(6-3-11)23(20,21)17-9-8-12-4-7-14-15(10-12)22-16(19)18-14/h2-7,10,17H,8-9H2,1H3,(H,18,19). The van der Waals surface area contributed by atoms with E-state index in [0.29, 0.717) is 17.5 Å². The highest BCUT2D eigenvalue weighted by atomic mass is 32.2. The number of hydrogen-bond donors (Lipinski definition) is 2. The van der Waals surface area contributed by atoms with Crippen LogP contribution in [0.2, 0.25) is 0 Å². The predicted octanol–water partition coefficient (Wildman–Crippen LogP) is 1.95. The summed E-state index contributed by atoms with van der Waals surface area (Å²) in [6, 6.07) is 12.0. The summed E-state index contributed by atoms with van der Waals surface area (Å²) in [5.41, 5.74) is 2.98. The number of aromatic amines is 1. The van der Waals surface area contributed by atoms with Crippen molar-refractivity contribution in [1.82, 2.24) is 9.71 Å². The molecule has 0 aliphatic carbocycles. The lowest BCUT2D eigenvalue weighted by Gasteiger charge is -2.07. The smallest absolute Gasteiger partial charge is 0.408 e. The highest BCUT2D eigenvalue weighted by Crippen LogP contribution is 2.13. The number of sulfonamides is 1. The molecule has 0 aliphatic rings. The van der Waals surface area contributed by atoms with Gasteiger partial charge in [-0.3, -0.25) is 4.98 Å². The minimum atomic E-state index is -3.52. The Hall–Kier alpha value is -2.38. The molecule has 6 nitrogen and oxygen atoms in total. The zero-order chi connectivity index (χ0) is 16.4. The van der Waals surface area contributed by atoms with E-state index in [9.17, 15) is 13.2 Å². The second-order valence-electron chi connectivity index (χ2n) is 5.31. The van der Waals surface area contributed by atoms with Gasteiger partial charge in [-0.2, -0.15) is 0 Å². The number of nitrogens with one attached hydrogen (secondary N) is 2. The van der Waals surface area contributed by atoms with Crippen molar-refractivity contribution in [3.8, 4) is 0 Å². The van der Waals surface area contributed by atoms with Crippen LogP contribution in [0.5, 0.6) is 0 Å². The Morgan fingerprint density at radius 1 is 1.13 bits per heavy atom. The van der Waals surface area contributed by atoms with Gasteiger partial charge in [-0.15, -0.1) is 0 Å². The molecule has 3 rings (SSSR count). The first-order valence-electron chi connectivity index (χ1n) is 7.12. The number of oxazole rings is 1. The Labute approximate surface area is 133 Å². The van der Waals surface area contributed by atoms with Crippen LogP contribution in [0.25, 0.3) is 11.1 Å². The molecule has 0 saturated carbocycles. The Kier molecular flexibility index (Phi) is 4.06. The molecule has 1 aromatic heterocycles. The number of H-pyrrole nitrogens is 1. The normalized spacial score (nSPS) is 11.9. The highest BCUT2D eigenvalue weighted by Gasteiger charge is 2.13. The summed E-state index contributed by atoms with van der Waals surface area (Å²) in [6.45, 7) is 2.16. The molecule has 1 heterocycles. The first-order valence-corrected chi connectivity index (χ1v) is 8.60. The van der Waals surface area contributed by atoms with Crippen LogP contribution < -0.4 is 10.5 Å². The summed E-state index contributed by atoms with van der Waals surface area (Å²) in [7, 11) is -3.52. The summed E-state index contributed by atoms with van der Waals surface area (Å²) in [6.07, 6.45) is 0.496. The lowest BCUT2D eigenvalue weighted by Crippen LogP contribution is -2.25. The van der Waals surface area contributed by atoms with Crippen LogP contribution in [0.3, 0.4) is 0 Å². The van der Waals surface area contributed by atoms with Gasteiger partial charge in [-0.25, -0.2) is 17.9 Å². The van der Waals surface area contributed by atoms with E-state index in [1.165, 1.54) is 0 Å². The maximum atomic E-state index is 12.2. The highest BCUT2D eigenvalue weighted by molar-refractivity contribution is 7.89. The topological polar surface area (TPSA) is 92.2 Å². The summed E-state index contributed by atoms with van der Waals surface area (Å²) in [5, 5.41) is 0. The van der Waals surface area contributed by atoms with Gasteiger partial charge >= 0.3 is 5.76 Å². The Balaban J connectivity index is 1.67. The second-order valence-corrected chi connectivity index (χ2v) is 7.07. The molecule has 0 atom stereocenters. The lowest BCUT2D eigenvalue weighted by atomic mass is 10.1. The zero-order valence-corrected chi connectivity index (χ0v) is 13.3. The van der Waals surface area contributed by atoms with Crippen LogP contribution in [0.15, 0.2) is 56.6 Å². The fourth-order valence-electron chi connectivity index (χ4n) is 2.28. The summed E-state index contributed by atoms with van der Waals surface area (Å²) >= 11 is 0. The van der Waals surface area contributed by atoms with Crippen molar-refractivity contribution in [3.05, 3.63) is 64.1 Å². The largest absolute Gasteiger partial charge is 0.417 e. The van der Waals surface area contributed by atoms with Crippen LogP contribution in [0.4, 0.5) is 0 Å². The summed E-state index contributed by atoms with van der Waals surface area (Å²) in [5.74, 6) is -0.503. The fourth-order valence-corrected chi connectivity index (χ4v) is 3.31. The monoisotopic (exact) mass is 332 g/mol. The van der Waals surface area contributed by atoms with Gasteiger partial charge in [0.05, 0.1) is 10.4 Å². The first-order chi connectivity index (χ1) is 10.9. The Bertz CT molecular complexity index is 985. The number of rotatable bonds is 5. The van der Waals surface area contributed by atoms with Gasteiger partial charge in [0.2, 0.25) is 10.0 Å². The van der Waals surface area contributed by atoms with Crippen LogP contribution in [-0.2, 0) is 16.4 Å². The molecule has 23 heavy (non-hydrogen) atoms. The maximum absolute atomic E-state index is 12.2. The average molecular weight is 332 g/mol. The summed E-state index contributed by atoms with van der Waals surface area (Å²) in [4.78, 5) is 13.9. The van der Waals surface area contributed by atoms with Crippen molar-refractivity contribution in [3.63, 3.8) is 0 Å². The van der Waals surface area contributed by atoms with Crippen molar-refractivity contribution >= 4 is 21.1 Å². The van der Waals surface area contributed by atoms with Crippen molar-refractivity contribution in [2.45, 2.75) is 18.2 Å². The number of benzene rings is 2. The second kappa shape index (κ2) is 6.02. The molecule has 0 bridgehead atoms. The number of hydrogen-bond acceptors (Lipinski definition) is 4. The van der Waals surface area contributed by atoms with Gasteiger partial charge < -0.3 is 4.42 Å². The molecule has 0 amide bonds. The van der Waals surface area contributed by atoms with Crippen molar-refractivity contribution < 1.29 is 12.8 Å². The molecule has 0 spiro atoms. The molecule has 7 heteroatoms. The van der Waals surface area contributed by atoms with E-state index >= 15 is 0 Å². The number of aromatic nitrogens is 1. The number of fused-ring (bicyclic) bond motifs is 1. The van der Waals surface area contributed by atoms with Crippen molar-refractivity contribution in [1.29, 1.82) is 0 Å². The quantitative estimate of drug-likeness (QED) is 0.747. The fraction of sp³-hybridized carbons (Fsp3) is 0.188. The Morgan fingerprint density at radius 2 is 1.87 bits per heavy atom. The van der Waals surface area contributed by atoms with E-state index in [1.54, 1.807) is 36.4 Å². The average Bonchev–Trinajstić information content (AvgIpc) is 2.87. The summed E-state index contributed by atoms with van der Waals surface area (Å²) < 4.78 is 31.9. The predicted molar refractivity (Wildman–Crippen MR) is 86.9 cm³/mol. The van der Waals surface area contributed by atoms with Crippen LogP contribution in [0.1, 0.15) is 11.1 Å².